The molecule has 212 valence electrons. The average molecular weight is 637 g/mol. The first-order chi connectivity index (χ1) is 19.1. The van der Waals surface area contributed by atoms with E-state index >= 15 is 0 Å². The lowest BCUT2D eigenvalue weighted by Crippen LogP contribution is -2.54. The highest BCUT2D eigenvalue weighted by Crippen LogP contribution is 2.24. The number of carbonyl (C=O) groups excluding carboxylic acids is 2. The second-order valence-electron chi connectivity index (χ2n) is 8.11. The Bertz CT molecular complexity index is 2010. The van der Waals surface area contributed by atoms with Crippen LogP contribution in [0.15, 0.2) is 80.8 Å². The number of aromatic amines is 1. The van der Waals surface area contributed by atoms with Gasteiger partial charge in [-0.15, -0.1) is 0 Å². The Morgan fingerprint density at radius 2 is 1.32 bits per heavy atom. The van der Waals surface area contributed by atoms with Crippen LogP contribution in [0.4, 0.5) is 5.69 Å². The number of hydrogen-bond donors (Lipinski definition) is 5. The third kappa shape index (κ3) is 6.06. The summed E-state index contributed by atoms with van der Waals surface area (Å²) in [5.74, 6) is -2.42. The van der Waals surface area contributed by atoms with E-state index in [-0.39, 0.29) is 26.8 Å². The van der Waals surface area contributed by atoms with Crippen molar-refractivity contribution in [2.24, 2.45) is 0 Å². The van der Waals surface area contributed by atoms with Crippen LogP contribution < -0.4 is 15.8 Å². The minimum absolute atomic E-state index is 0.0819. The van der Waals surface area contributed by atoms with E-state index in [9.17, 15) is 36.3 Å². The van der Waals surface area contributed by atoms with Crippen molar-refractivity contribution in [3.8, 4) is 11.6 Å². The van der Waals surface area contributed by atoms with Crippen LogP contribution in [0.5, 0.6) is 5.88 Å². The largest absolute Gasteiger partial charge is 0.494 e. The monoisotopic (exact) mass is 636 g/mol. The molecule has 1 aromatic heterocycles. The van der Waals surface area contributed by atoms with E-state index in [1.54, 1.807) is 0 Å². The number of nitrogens with one attached hydrogen (secondary N) is 2. The number of hydrogen-bond acceptors (Lipinski definition) is 10. The van der Waals surface area contributed by atoms with Gasteiger partial charge in [0.25, 0.3) is 37.6 Å². The first-order valence-corrected chi connectivity index (χ1v) is 14.6. The topological polar surface area (TPSA) is 216 Å². The van der Waals surface area contributed by atoms with Crippen LogP contribution in [0, 0.1) is 4.77 Å². The molecule has 3 aromatic rings. The zero-order valence-electron chi connectivity index (χ0n) is 20.1. The smallest absolute Gasteiger partial charge is 0.294 e. The highest BCUT2D eigenvalue weighted by atomic mass is 32.2. The molecule has 0 radical (unpaired) electrons. The Hall–Kier alpha value is -4.33. The summed E-state index contributed by atoms with van der Waals surface area (Å²) in [6.45, 7) is 0. The van der Waals surface area contributed by atoms with Crippen molar-refractivity contribution in [3.63, 3.8) is 0 Å². The van der Waals surface area contributed by atoms with Crippen molar-refractivity contribution in [1.29, 1.82) is 0 Å². The maximum Gasteiger partial charge on any atom is 0.294 e. The average Bonchev–Trinajstić information content (AvgIpc) is 2.87. The molecule has 1 saturated heterocycles. The molecule has 2 amide bonds. The van der Waals surface area contributed by atoms with Gasteiger partial charge in [0.1, 0.15) is 11.1 Å². The quantitative estimate of drug-likeness (QED) is 0.113. The van der Waals surface area contributed by atoms with Gasteiger partial charge in [0.15, 0.2) is 9.88 Å². The van der Waals surface area contributed by atoms with E-state index in [0.29, 0.717) is 0 Å². The molecule has 0 unspecified atom stereocenters. The van der Waals surface area contributed by atoms with Gasteiger partial charge in [-0.3, -0.25) is 43.3 Å². The zero-order chi connectivity index (χ0) is 30.3. The van der Waals surface area contributed by atoms with Crippen LogP contribution in [-0.2, 0) is 29.8 Å². The molecule has 0 aliphatic carbocycles. The summed E-state index contributed by atoms with van der Waals surface area (Å²) in [5, 5.41) is 12.8. The number of aromatic nitrogens is 2. The highest BCUT2D eigenvalue weighted by molar-refractivity contribution is 7.86. The standard InChI is InChI=1S/C23H16N4O10S4/c28-18-16(20(30)26(22(38)24-18)12-4-8-14(9-5-12)40(32,33)34)2-1-3-17-19(29)25-23(39)27(21(17)31)13-6-10-15(11-7-13)41(35,36)37/h1-11,30H,(H,24,28,38)(H,25,29,39)(H,32,33,34)(H,35,36,37)/b2-1+,17-3+. The van der Waals surface area contributed by atoms with Gasteiger partial charge < -0.3 is 5.11 Å². The third-order valence-corrected chi connectivity index (χ3v) is 7.84. The lowest BCUT2D eigenvalue weighted by molar-refractivity contribution is -0.122. The number of aromatic hydroxyl groups is 1. The molecule has 2 heterocycles. The number of allylic oxidation sites excluding steroid dienone is 2. The lowest BCUT2D eigenvalue weighted by Gasteiger charge is -2.28. The fourth-order valence-corrected chi connectivity index (χ4v) is 5.14. The van der Waals surface area contributed by atoms with Crippen LogP contribution in [-0.4, -0.2) is 57.5 Å². The number of amides is 2. The fraction of sp³-hybridized carbons (Fsp3) is 0. The summed E-state index contributed by atoms with van der Waals surface area (Å²) in [4.78, 5) is 40.5. The van der Waals surface area contributed by atoms with Gasteiger partial charge in [0, 0.05) is 0 Å². The Morgan fingerprint density at radius 1 is 0.805 bits per heavy atom. The molecule has 18 heteroatoms. The second-order valence-corrected chi connectivity index (χ2v) is 11.7. The van der Waals surface area contributed by atoms with E-state index in [2.05, 4.69) is 10.3 Å². The first kappa shape index (κ1) is 29.6. The maximum atomic E-state index is 13.1. The molecule has 0 spiro atoms. The maximum absolute atomic E-state index is 13.1. The molecular weight excluding hydrogens is 621 g/mol. The molecule has 1 fully saturated rings. The number of carbonyl (C=O) groups is 2. The molecule has 14 nitrogen and oxygen atoms in total. The van der Waals surface area contributed by atoms with Gasteiger partial charge in [0.05, 0.1) is 21.2 Å². The van der Waals surface area contributed by atoms with Crippen LogP contribution in [0.2, 0.25) is 0 Å². The predicted octanol–water partition coefficient (Wildman–Crippen LogP) is 1.48. The molecule has 1 aliphatic rings. The number of H-pyrrole nitrogens is 1. The van der Waals surface area contributed by atoms with Crippen LogP contribution >= 0.6 is 24.4 Å². The minimum Gasteiger partial charge on any atom is -0.494 e. The van der Waals surface area contributed by atoms with E-state index in [1.165, 1.54) is 24.3 Å². The molecule has 0 atom stereocenters. The van der Waals surface area contributed by atoms with Gasteiger partial charge in [-0.05, 0) is 85.1 Å². The van der Waals surface area contributed by atoms with Crippen molar-refractivity contribution in [1.82, 2.24) is 14.9 Å². The summed E-state index contributed by atoms with van der Waals surface area (Å²) >= 11 is 10.2. The molecular formula is C23H16N4O10S4. The number of rotatable bonds is 6. The number of benzene rings is 2. The Labute approximate surface area is 241 Å². The lowest BCUT2D eigenvalue weighted by atomic mass is 10.1. The van der Waals surface area contributed by atoms with Crippen molar-refractivity contribution in [2.75, 3.05) is 4.90 Å². The molecule has 5 N–H and O–H groups in total. The molecule has 2 aromatic carbocycles. The summed E-state index contributed by atoms with van der Waals surface area (Å²) in [5.41, 5.74) is -1.38. The summed E-state index contributed by atoms with van der Waals surface area (Å²) in [7, 11) is -8.97. The van der Waals surface area contributed by atoms with Gasteiger partial charge in [-0.1, -0.05) is 6.08 Å². The van der Waals surface area contributed by atoms with E-state index in [4.69, 9.17) is 33.5 Å². The van der Waals surface area contributed by atoms with Gasteiger partial charge in [0.2, 0.25) is 5.88 Å². The normalized spacial score (nSPS) is 15.5. The van der Waals surface area contributed by atoms with Crippen molar-refractivity contribution in [2.45, 2.75) is 9.79 Å². The summed E-state index contributed by atoms with van der Waals surface area (Å²) in [6, 6.07) is 8.98. The predicted molar refractivity (Wildman–Crippen MR) is 150 cm³/mol. The molecule has 1 aliphatic heterocycles. The van der Waals surface area contributed by atoms with E-state index < -0.39 is 58.9 Å². The minimum atomic E-state index is -4.49. The highest BCUT2D eigenvalue weighted by Gasteiger charge is 2.34. The van der Waals surface area contributed by atoms with Gasteiger partial charge >= 0.3 is 0 Å². The molecule has 4 rings (SSSR count). The SMILES string of the molecule is O=C1NC(=S)N(c2ccc(S(=O)(=O)O)cc2)C(=O)/C1=C/C=C/c1c(O)n(-c2ccc(S(=O)(=O)O)cc2)c(=S)[nH]c1=O. The molecule has 0 bridgehead atoms. The molecule has 0 saturated carbocycles. The van der Waals surface area contributed by atoms with Crippen molar-refractivity contribution >= 4 is 73.4 Å². The second kappa shape index (κ2) is 10.9. The summed E-state index contributed by atoms with van der Waals surface area (Å²) in [6.07, 6.45) is 3.25. The zero-order valence-corrected chi connectivity index (χ0v) is 23.3. The Balaban J connectivity index is 1.69. The molecule has 41 heavy (non-hydrogen) atoms. The van der Waals surface area contributed by atoms with Crippen LogP contribution in [0.3, 0.4) is 0 Å². The number of nitrogens with zero attached hydrogens (tertiary/aromatic N) is 2. The fourth-order valence-electron chi connectivity index (χ4n) is 3.61. The van der Waals surface area contributed by atoms with Crippen molar-refractivity contribution in [3.05, 3.63) is 86.9 Å². The number of thiocarbonyl (C=S) groups is 1. The van der Waals surface area contributed by atoms with Crippen molar-refractivity contribution < 1.29 is 40.6 Å². The third-order valence-electron chi connectivity index (χ3n) is 5.53. The summed E-state index contributed by atoms with van der Waals surface area (Å²) < 4.78 is 64.3. The van der Waals surface area contributed by atoms with Crippen LogP contribution in [0.1, 0.15) is 5.56 Å². The van der Waals surface area contributed by atoms with E-state index in [0.717, 1.165) is 52.0 Å². The number of anilines is 1. The van der Waals surface area contributed by atoms with Gasteiger partial charge in [-0.25, -0.2) is 0 Å². The van der Waals surface area contributed by atoms with Crippen LogP contribution in [0.25, 0.3) is 11.8 Å². The van der Waals surface area contributed by atoms with Gasteiger partial charge in [-0.2, -0.15) is 16.8 Å². The first-order valence-electron chi connectivity index (χ1n) is 10.9. The Morgan fingerprint density at radius 3 is 1.83 bits per heavy atom. The van der Waals surface area contributed by atoms with E-state index in [1.807, 2.05) is 0 Å². The Kier molecular flexibility index (Phi) is 7.89.